The van der Waals surface area contributed by atoms with Crippen molar-refractivity contribution in [1.82, 2.24) is 0 Å². The largest absolute Gasteiger partial charge is 0.389 e. The third kappa shape index (κ3) is 4.15. The van der Waals surface area contributed by atoms with Crippen LogP contribution in [0.2, 0.25) is 5.02 Å². The molecule has 0 bridgehead atoms. The van der Waals surface area contributed by atoms with Crippen LogP contribution in [0.15, 0.2) is 42.5 Å². The number of aliphatic hydroxyl groups is 1. The Labute approximate surface area is 179 Å². The minimum Gasteiger partial charge on any atom is -0.389 e. The van der Waals surface area contributed by atoms with Crippen molar-refractivity contribution in [3.05, 3.63) is 69.7 Å². The Morgan fingerprint density at radius 2 is 1.90 bits per heavy atom. The number of aldehydes is 1. The van der Waals surface area contributed by atoms with Crippen LogP contribution in [0, 0.1) is 12.8 Å². The molecule has 2 aromatic rings. The molecule has 1 N–H and O–H groups in total. The lowest BCUT2D eigenvalue weighted by molar-refractivity contribution is -0.109. The van der Waals surface area contributed by atoms with Gasteiger partial charge in [0.25, 0.3) is 0 Å². The average Bonchev–Trinajstić information content (AvgIpc) is 3.56. The molecule has 3 heteroatoms. The van der Waals surface area contributed by atoms with Crippen molar-refractivity contribution < 1.29 is 9.90 Å². The summed E-state index contributed by atoms with van der Waals surface area (Å²) in [5.74, 6) is 0.326. The van der Waals surface area contributed by atoms with E-state index in [-0.39, 0.29) is 10.8 Å². The first-order valence-electron chi connectivity index (χ1n) is 10.7. The van der Waals surface area contributed by atoms with E-state index in [0.29, 0.717) is 23.8 Å². The van der Waals surface area contributed by atoms with Crippen LogP contribution in [-0.2, 0) is 22.0 Å². The Balaban J connectivity index is 1.58. The van der Waals surface area contributed by atoms with Gasteiger partial charge in [-0.3, -0.25) is 0 Å². The molecule has 1 unspecified atom stereocenters. The predicted molar refractivity (Wildman–Crippen MR) is 119 cm³/mol. The Morgan fingerprint density at radius 3 is 2.45 bits per heavy atom. The molecular weight excluding hydrogens is 380 g/mol. The third-order valence-corrected chi connectivity index (χ3v) is 7.38. The van der Waals surface area contributed by atoms with E-state index >= 15 is 0 Å². The molecule has 0 saturated heterocycles. The van der Waals surface area contributed by atoms with E-state index < -0.39 is 5.60 Å². The number of hydrogen-bond acceptors (Lipinski definition) is 2. The second-order valence-electron chi connectivity index (χ2n) is 10.1. The van der Waals surface area contributed by atoms with Gasteiger partial charge in [-0.2, -0.15) is 0 Å². The fourth-order valence-corrected chi connectivity index (χ4v) is 5.09. The number of carbonyl (C=O) groups excluding carboxylic acids is 1. The van der Waals surface area contributed by atoms with Crippen molar-refractivity contribution in [2.24, 2.45) is 5.92 Å². The number of carbonyl (C=O) groups is 1. The van der Waals surface area contributed by atoms with Crippen LogP contribution in [0.4, 0.5) is 0 Å². The molecule has 2 nitrogen and oxygen atoms in total. The van der Waals surface area contributed by atoms with Crippen LogP contribution in [0.25, 0.3) is 0 Å². The summed E-state index contributed by atoms with van der Waals surface area (Å²) in [7, 11) is 0. The number of aryl methyl sites for hydroxylation is 1. The summed E-state index contributed by atoms with van der Waals surface area (Å²) in [6.45, 7) is 6.56. The molecule has 0 heterocycles. The van der Waals surface area contributed by atoms with E-state index in [2.05, 4.69) is 45.0 Å². The first kappa shape index (κ1) is 20.6. The van der Waals surface area contributed by atoms with Crippen LogP contribution >= 0.6 is 11.6 Å². The van der Waals surface area contributed by atoms with E-state index in [1.165, 1.54) is 11.1 Å². The molecule has 2 aromatic carbocycles. The monoisotopic (exact) mass is 410 g/mol. The SMILES string of the molecule is Cc1cccc(C(C)(C)CC(O)(Cc2ccc(C3(C=O)CC3)cc2Cl)C2CC2)c1. The zero-order valence-electron chi connectivity index (χ0n) is 17.7. The van der Waals surface area contributed by atoms with Crippen molar-refractivity contribution in [2.45, 2.75) is 75.7 Å². The van der Waals surface area contributed by atoms with Crippen LogP contribution in [0.5, 0.6) is 0 Å². The summed E-state index contributed by atoms with van der Waals surface area (Å²) in [6, 6.07) is 14.6. The summed E-state index contributed by atoms with van der Waals surface area (Å²) in [5, 5.41) is 12.4. The molecular formula is C26H31ClO2. The van der Waals surface area contributed by atoms with Crippen molar-refractivity contribution >= 4 is 17.9 Å². The lowest BCUT2D eigenvalue weighted by atomic mass is 9.71. The molecule has 154 valence electrons. The smallest absolute Gasteiger partial charge is 0.130 e. The van der Waals surface area contributed by atoms with Crippen LogP contribution in [0.3, 0.4) is 0 Å². The van der Waals surface area contributed by atoms with Gasteiger partial charge in [0.1, 0.15) is 6.29 Å². The normalized spacial score (nSPS) is 20.2. The molecule has 0 aliphatic heterocycles. The average molecular weight is 411 g/mol. The van der Waals surface area contributed by atoms with Gasteiger partial charge in [0.05, 0.1) is 11.0 Å². The molecule has 1 atom stereocenters. The Kier molecular flexibility index (Phi) is 5.16. The maximum Gasteiger partial charge on any atom is 0.130 e. The lowest BCUT2D eigenvalue weighted by Gasteiger charge is -2.38. The molecule has 0 amide bonds. The van der Waals surface area contributed by atoms with Gasteiger partial charge in [0.2, 0.25) is 0 Å². The molecule has 2 aliphatic rings. The summed E-state index contributed by atoms with van der Waals surface area (Å²) in [6.07, 6.45) is 6.27. The molecule has 0 spiro atoms. The number of hydrogen-bond donors (Lipinski definition) is 1. The Hall–Kier alpha value is -1.64. The summed E-state index contributed by atoms with van der Waals surface area (Å²) in [4.78, 5) is 11.4. The van der Waals surface area contributed by atoms with Gasteiger partial charge in [-0.25, -0.2) is 0 Å². The maximum atomic E-state index is 11.8. The van der Waals surface area contributed by atoms with E-state index in [4.69, 9.17) is 11.6 Å². The van der Waals surface area contributed by atoms with Gasteiger partial charge in [-0.05, 0) is 73.1 Å². The number of halogens is 1. The summed E-state index contributed by atoms with van der Waals surface area (Å²) >= 11 is 6.63. The van der Waals surface area contributed by atoms with E-state index in [9.17, 15) is 9.90 Å². The van der Waals surface area contributed by atoms with E-state index in [0.717, 1.165) is 43.1 Å². The predicted octanol–water partition coefficient (Wildman–Crippen LogP) is 5.93. The van der Waals surface area contributed by atoms with Gasteiger partial charge in [-0.1, -0.05) is 67.4 Å². The maximum absolute atomic E-state index is 11.8. The second kappa shape index (κ2) is 7.25. The third-order valence-electron chi connectivity index (χ3n) is 7.02. The van der Waals surface area contributed by atoms with Gasteiger partial charge in [0, 0.05) is 11.4 Å². The Morgan fingerprint density at radius 1 is 1.17 bits per heavy atom. The molecule has 0 radical (unpaired) electrons. The molecule has 2 aliphatic carbocycles. The number of benzene rings is 2. The summed E-state index contributed by atoms with van der Waals surface area (Å²) < 4.78 is 0. The van der Waals surface area contributed by atoms with Gasteiger partial charge >= 0.3 is 0 Å². The van der Waals surface area contributed by atoms with Gasteiger partial charge in [0.15, 0.2) is 0 Å². The highest BCUT2D eigenvalue weighted by atomic mass is 35.5. The van der Waals surface area contributed by atoms with Gasteiger partial charge < -0.3 is 9.90 Å². The van der Waals surface area contributed by atoms with Crippen LogP contribution in [0.1, 0.15) is 68.2 Å². The fraction of sp³-hybridized carbons (Fsp3) is 0.500. The van der Waals surface area contributed by atoms with E-state index in [1.807, 2.05) is 18.2 Å². The standard InChI is InChI=1S/C26H31ClO2/c1-18-5-4-6-21(13-18)24(2,3)16-26(29,20-9-10-20)15-19-7-8-22(14-23(19)27)25(17-28)11-12-25/h4-8,13-14,17,20,29H,9-12,15-16H2,1-3H3. The van der Waals surface area contributed by atoms with Crippen molar-refractivity contribution in [3.8, 4) is 0 Å². The van der Waals surface area contributed by atoms with Crippen molar-refractivity contribution in [3.63, 3.8) is 0 Å². The molecule has 2 fully saturated rings. The highest BCUT2D eigenvalue weighted by Crippen LogP contribution is 2.50. The van der Waals surface area contributed by atoms with Crippen molar-refractivity contribution in [2.75, 3.05) is 0 Å². The highest BCUT2D eigenvalue weighted by molar-refractivity contribution is 6.31. The van der Waals surface area contributed by atoms with Gasteiger partial charge in [-0.15, -0.1) is 0 Å². The quantitative estimate of drug-likeness (QED) is 0.547. The first-order valence-corrected chi connectivity index (χ1v) is 11.1. The molecule has 4 rings (SSSR count). The highest BCUT2D eigenvalue weighted by Gasteiger charge is 2.48. The zero-order valence-corrected chi connectivity index (χ0v) is 18.4. The molecule has 29 heavy (non-hydrogen) atoms. The van der Waals surface area contributed by atoms with E-state index in [1.54, 1.807) is 0 Å². The molecule has 0 aromatic heterocycles. The Bertz CT molecular complexity index is 924. The van der Waals surface area contributed by atoms with Crippen LogP contribution < -0.4 is 0 Å². The lowest BCUT2D eigenvalue weighted by Crippen LogP contribution is -2.41. The first-order chi connectivity index (χ1) is 13.7. The zero-order chi connectivity index (χ0) is 20.9. The fourth-order valence-electron chi connectivity index (χ4n) is 4.84. The second-order valence-corrected chi connectivity index (χ2v) is 10.5. The topological polar surface area (TPSA) is 37.3 Å². The molecule has 2 saturated carbocycles. The minimum absolute atomic E-state index is 0.134. The van der Waals surface area contributed by atoms with Crippen molar-refractivity contribution in [1.29, 1.82) is 0 Å². The number of rotatable bonds is 8. The summed E-state index contributed by atoms with van der Waals surface area (Å²) in [5.41, 5.74) is 3.27. The van der Waals surface area contributed by atoms with Crippen LogP contribution in [-0.4, -0.2) is 17.0 Å². The minimum atomic E-state index is -0.777.